The Morgan fingerprint density at radius 1 is 1.26 bits per heavy atom. The summed E-state index contributed by atoms with van der Waals surface area (Å²) >= 11 is 11.9. The van der Waals surface area contributed by atoms with E-state index in [1.807, 2.05) is 0 Å². The smallest absolute Gasteiger partial charge is 0.242 e. The second-order valence-corrected chi connectivity index (χ2v) is 8.47. The van der Waals surface area contributed by atoms with Crippen LogP contribution in [0.3, 0.4) is 0 Å². The van der Waals surface area contributed by atoms with Crippen LogP contribution in [0.5, 0.6) is 0 Å². The van der Waals surface area contributed by atoms with Gasteiger partial charge in [0.1, 0.15) is 4.90 Å². The highest BCUT2D eigenvalue weighted by atomic mass is 35.5. The van der Waals surface area contributed by atoms with Gasteiger partial charge < -0.3 is 4.74 Å². The molecule has 0 radical (unpaired) electrons. The first-order valence-electron chi connectivity index (χ1n) is 7.58. The normalized spacial score (nSPS) is 18.3. The zero-order valence-corrected chi connectivity index (χ0v) is 15.6. The number of benzene rings is 1. The van der Waals surface area contributed by atoms with Gasteiger partial charge in [-0.3, -0.25) is 4.90 Å². The number of hydrogen-bond donors (Lipinski definition) is 1. The van der Waals surface area contributed by atoms with Crippen LogP contribution in [-0.2, 0) is 14.8 Å². The predicted octanol–water partition coefficient (Wildman–Crippen LogP) is 2.63. The van der Waals surface area contributed by atoms with Crippen LogP contribution in [0.25, 0.3) is 0 Å². The molecule has 0 unspecified atom stereocenters. The van der Waals surface area contributed by atoms with Gasteiger partial charge >= 0.3 is 0 Å². The Labute approximate surface area is 148 Å². The lowest BCUT2D eigenvalue weighted by Crippen LogP contribution is -2.51. The molecule has 1 aliphatic heterocycles. The van der Waals surface area contributed by atoms with Gasteiger partial charge in [-0.05, 0) is 24.1 Å². The van der Waals surface area contributed by atoms with Gasteiger partial charge in [0.15, 0.2) is 0 Å². The maximum Gasteiger partial charge on any atom is 0.242 e. The summed E-state index contributed by atoms with van der Waals surface area (Å²) in [5.74, 6) is 0.311. The number of nitrogens with one attached hydrogen (secondary N) is 1. The molecule has 1 fully saturated rings. The van der Waals surface area contributed by atoms with Crippen LogP contribution in [0, 0.1) is 5.92 Å². The average molecular weight is 381 g/mol. The van der Waals surface area contributed by atoms with E-state index >= 15 is 0 Å². The molecule has 130 valence electrons. The molecule has 0 aromatic heterocycles. The number of ether oxygens (including phenoxy) is 1. The second kappa shape index (κ2) is 8.14. The summed E-state index contributed by atoms with van der Waals surface area (Å²) in [4.78, 5) is 2.27. The van der Waals surface area contributed by atoms with Crippen molar-refractivity contribution in [3.63, 3.8) is 0 Å². The molecular weight excluding hydrogens is 359 g/mol. The molecule has 0 spiro atoms. The first-order valence-corrected chi connectivity index (χ1v) is 9.81. The Kier molecular flexibility index (Phi) is 6.71. The fourth-order valence-corrected chi connectivity index (χ4v) is 4.46. The fraction of sp³-hybridized carbons (Fsp3) is 0.600. The highest BCUT2D eigenvalue weighted by molar-refractivity contribution is 7.89. The molecule has 1 aromatic rings. The van der Waals surface area contributed by atoms with Gasteiger partial charge in [-0.15, -0.1) is 0 Å². The summed E-state index contributed by atoms with van der Waals surface area (Å²) in [6, 6.07) is 4.52. The van der Waals surface area contributed by atoms with Crippen molar-refractivity contribution >= 4 is 33.2 Å². The van der Waals surface area contributed by atoms with Crippen LogP contribution in [-0.4, -0.2) is 52.2 Å². The largest absolute Gasteiger partial charge is 0.379 e. The van der Waals surface area contributed by atoms with Gasteiger partial charge in [0.25, 0.3) is 0 Å². The quantitative estimate of drug-likeness (QED) is 0.823. The third-order valence-electron chi connectivity index (χ3n) is 3.95. The number of sulfonamides is 1. The number of halogens is 2. The minimum Gasteiger partial charge on any atom is -0.379 e. The SMILES string of the molecule is CC(C)[C@H](CNS(=O)(=O)c1cc(Cl)ccc1Cl)N1CCOCC1. The lowest BCUT2D eigenvalue weighted by molar-refractivity contribution is 0.00776. The zero-order chi connectivity index (χ0) is 17.0. The van der Waals surface area contributed by atoms with E-state index in [0.717, 1.165) is 13.1 Å². The van der Waals surface area contributed by atoms with Crippen LogP contribution in [0.4, 0.5) is 0 Å². The number of morpholine rings is 1. The van der Waals surface area contributed by atoms with Crippen molar-refractivity contribution < 1.29 is 13.2 Å². The Morgan fingerprint density at radius 3 is 2.52 bits per heavy atom. The fourth-order valence-electron chi connectivity index (χ4n) is 2.65. The summed E-state index contributed by atoms with van der Waals surface area (Å²) in [7, 11) is -3.71. The molecule has 0 bridgehead atoms. The van der Waals surface area contributed by atoms with Crippen LogP contribution in [0.1, 0.15) is 13.8 Å². The molecule has 23 heavy (non-hydrogen) atoms. The minimum absolute atomic E-state index is 0.0103. The topological polar surface area (TPSA) is 58.6 Å². The first-order chi connectivity index (χ1) is 10.8. The van der Waals surface area contributed by atoms with Crippen molar-refractivity contribution in [2.45, 2.75) is 24.8 Å². The summed E-state index contributed by atoms with van der Waals surface area (Å²) in [6.07, 6.45) is 0. The van der Waals surface area contributed by atoms with Gasteiger partial charge in [-0.2, -0.15) is 0 Å². The van der Waals surface area contributed by atoms with E-state index in [-0.39, 0.29) is 16.0 Å². The predicted molar refractivity (Wildman–Crippen MR) is 92.7 cm³/mol. The minimum atomic E-state index is -3.71. The van der Waals surface area contributed by atoms with Crippen LogP contribution in [0.15, 0.2) is 23.1 Å². The molecular formula is C15H22Cl2N2O3S. The molecule has 0 aliphatic carbocycles. The summed E-state index contributed by atoms with van der Waals surface area (Å²) in [6.45, 7) is 7.46. The number of rotatable bonds is 6. The molecule has 8 heteroatoms. The standard InChI is InChI=1S/C15H22Cl2N2O3S/c1-11(2)14(19-5-7-22-8-6-19)10-18-23(20,21)15-9-12(16)3-4-13(15)17/h3-4,9,11,14,18H,5-8,10H2,1-2H3/t14-/m0/s1. The summed E-state index contributed by atoms with van der Waals surface area (Å²) < 4.78 is 33.1. The lowest BCUT2D eigenvalue weighted by atomic mass is 10.0. The molecule has 1 aromatic carbocycles. The van der Waals surface area contributed by atoms with Gasteiger partial charge in [-0.1, -0.05) is 37.0 Å². The summed E-state index contributed by atoms with van der Waals surface area (Å²) in [5, 5.41) is 0.498. The molecule has 1 N–H and O–H groups in total. The molecule has 1 atom stereocenters. The zero-order valence-electron chi connectivity index (χ0n) is 13.3. The number of nitrogens with zero attached hydrogens (tertiary/aromatic N) is 1. The van der Waals surface area contributed by atoms with Crippen molar-refractivity contribution in [1.29, 1.82) is 0 Å². The van der Waals surface area contributed by atoms with E-state index in [1.54, 1.807) is 6.07 Å². The lowest BCUT2D eigenvalue weighted by Gasteiger charge is -2.36. The molecule has 1 aliphatic rings. The Balaban J connectivity index is 2.11. The van der Waals surface area contributed by atoms with Crippen molar-refractivity contribution in [3.05, 3.63) is 28.2 Å². The maximum atomic E-state index is 12.5. The first kappa shape index (κ1) is 19.0. The van der Waals surface area contributed by atoms with E-state index in [1.165, 1.54) is 12.1 Å². The molecule has 5 nitrogen and oxygen atoms in total. The van der Waals surface area contributed by atoms with E-state index in [9.17, 15) is 8.42 Å². The van der Waals surface area contributed by atoms with E-state index in [0.29, 0.717) is 30.7 Å². The van der Waals surface area contributed by atoms with E-state index in [4.69, 9.17) is 27.9 Å². The molecule has 1 heterocycles. The van der Waals surface area contributed by atoms with Crippen LogP contribution in [0.2, 0.25) is 10.0 Å². The molecule has 1 saturated heterocycles. The highest BCUT2D eigenvalue weighted by Gasteiger charge is 2.26. The van der Waals surface area contributed by atoms with Gasteiger partial charge in [0, 0.05) is 30.7 Å². The van der Waals surface area contributed by atoms with Gasteiger partial charge in [0.2, 0.25) is 10.0 Å². The molecule has 0 saturated carbocycles. The Bertz CT molecular complexity index is 632. The van der Waals surface area contributed by atoms with Crippen molar-refractivity contribution in [3.8, 4) is 0 Å². The van der Waals surface area contributed by atoms with Crippen molar-refractivity contribution in [1.82, 2.24) is 9.62 Å². The Hall–Kier alpha value is -0.370. The summed E-state index contributed by atoms with van der Waals surface area (Å²) in [5.41, 5.74) is 0. The average Bonchev–Trinajstić information content (AvgIpc) is 2.50. The van der Waals surface area contributed by atoms with Crippen LogP contribution >= 0.6 is 23.2 Å². The van der Waals surface area contributed by atoms with Gasteiger partial charge in [-0.25, -0.2) is 13.1 Å². The third-order valence-corrected chi connectivity index (χ3v) is 6.09. The van der Waals surface area contributed by atoms with Crippen LogP contribution < -0.4 is 4.72 Å². The highest BCUT2D eigenvalue weighted by Crippen LogP contribution is 2.25. The van der Waals surface area contributed by atoms with Crippen molar-refractivity contribution in [2.75, 3.05) is 32.8 Å². The third kappa shape index (κ3) is 5.05. The maximum absolute atomic E-state index is 12.5. The van der Waals surface area contributed by atoms with Crippen molar-refractivity contribution in [2.24, 2.45) is 5.92 Å². The van der Waals surface area contributed by atoms with E-state index < -0.39 is 10.0 Å². The number of hydrogen-bond acceptors (Lipinski definition) is 4. The monoisotopic (exact) mass is 380 g/mol. The second-order valence-electron chi connectivity index (χ2n) is 5.89. The molecule has 2 rings (SSSR count). The van der Waals surface area contributed by atoms with E-state index in [2.05, 4.69) is 23.5 Å². The molecule has 0 amide bonds. The van der Waals surface area contributed by atoms with Gasteiger partial charge in [0.05, 0.1) is 18.2 Å². The Morgan fingerprint density at radius 2 is 1.91 bits per heavy atom.